The minimum atomic E-state index is -0.120. The highest BCUT2D eigenvalue weighted by molar-refractivity contribution is 5.45. The maximum atomic E-state index is 6.00. The van der Waals surface area contributed by atoms with Crippen molar-refractivity contribution in [2.24, 2.45) is 5.92 Å². The van der Waals surface area contributed by atoms with Gasteiger partial charge in [-0.25, -0.2) is 4.98 Å². The van der Waals surface area contributed by atoms with Gasteiger partial charge in [0.05, 0.1) is 12.2 Å². The zero-order chi connectivity index (χ0) is 14.8. The summed E-state index contributed by atoms with van der Waals surface area (Å²) in [5.41, 5.74) is 6.73. The number of rotatable bonds is 3. The smallest absolute Gasteiger partial charge is 0.221 e. The van der Waals surface area contributed by atoms with E-state index in [1.807, 2.05) is 6.92 Å². The van der Waals surface area contributed by atoms with Crippen LogP contribution in [0.4, 0.5) is 5.82 Å². The molecular weight excluding hydrogens is 250 g/mol. The van der Waals surface area contributed by atoms with Gasteiger partial charge in [0.15, 0.2) is 0 Å². The summed E-state index contributed by atoms with van der Waals surface area (Å²) in [5.74, 6) is 2.60. The van der Waals surface area contributed by atoms with Gasteiger partial charge in [0.25, 0.3) is 0 Å². The van der Waals surface area contributed by atoms with Crippen LogP contribution in [-0.2, 0) is 5.41 Å². The number of hydrogen-bond donors (Lipinski definition) is 1. The third kappa shape index (κ3) is 3.62. The lowest BCUT2D eigenvalue weighted by atomic mass is 9.90. The molecule has 112 valence electrons. The highest BCUT2D eigenvalue weighted by Gasteiger charge is 2.22. The van der Waals surface area contributed by atoms with Crippen LogP contribution in [-0.4, -0.2) is 16.6 Å². The number of aromatic nitrogens is 2. The molecule has 0 saturated heterocycles. The normalized spacial score (nSPS) is 17.2. The van der Waals surface area contributed by atoms with Crippen LogP contribution < -0.4 is 10.5 Å². The van der Waals surface area contributed by atoms with Crippen molar-refractivity contribution in [2.75, 3.05) is 12.3 Å². The zero-order valence-electron chi connectivity index (χ0n) is 13.2. The molecule has 0 radical (unpaired) electrons. The summed E-state index contributed by atoms with van der Waals surface area (Å²) in [6.07, 6.45) is 6.56. The zero-order valence-corrected chi connectivity index (χ0v) is 13.2. The predicted molar refractivity (Wildman–Crippen MR) is 82.0 cm³/mol. The van der Waals surface area contributed by atoms with Crippen LogP contribution in [0.2, 0.25) is 0 Å². The Labute approximate surface area is 122 Å². The Morgan fingerprint density at radius 3 is 2.40 bits per heavy atom. The summed E-state index contributed by atoms with van der Waals surface area (Å²) >= 11 is 0. The summed E-state index contributed by atoms with van der Waals surface area (Å²) < 4.78 is 5.96. The number of hydrogen-bond acceptors (Lipinski definition) is 4. The van der Waals surface area contributed by atoms with Crippen molar-refractivity contribution in [3.05, 3.63) is 11.4 Å². The minimum Gasteiger partial charge on any atom is -0.477 e. The Morgan fingerprint density at radius 2 is 1.80 bits per heavy atom. The number of nitrogens with two attached hydrogens (primary N) is 1. The van der Waals surface area contributed by atoms with Crippen LogP contribution in [0.3, 0.4) is 0 Å². The van der Waals surface area contributed by atoms with E-state index in [-0.39, 0.29) is 5.41 Å². The maximum Gasteiger partial charge on any atom is 0.221 e. The Bertz CT molecular complexity index is 460. The lowest BCUT2D eigenvalue weighted by Gasteiger charge is -2.23. The number of anilines is 1. The standard InChI is InChI=1S/C16H27N3O/c1-11-13(17)18-15(16(2,3)4)19-14(11)20-10-12-8-6-5-7-9-12/h12H,5-10H2,1-4H3,(H2,17,18,19). The highest BCUT2D eigenvalue weighted by Crippen LogP contribution is 2.28. The van der Waals surface area contributed by atoms with Crippen molar-refractivity contribution < 1.29 is 4.74 Å². The molecule has 1 saturated carbocycles. The molecule has 0 bridgehead atoms. The molecule has 0 atom stereocenters. The summed E-state index contributed by atoms with van der Waals surface area (Å²) in [4.78, 5) is 8.96. The summed E-state index contributed by atoms with van der Waals surface area (Å²) in [5, 5.41) is 0. The highest BCUT2D eigenvalue weighted by atomic mass is 16.5. The molecular formula is C16H27N3O. The van der Waals surface area contributed by atoms with Gasteiger partial charge in [0.1, 0.15) is 11.6 Å². The van der Waals surface area contributed by atoms with Crippen molar-refractivity contribution in [3.63, 3.8) is 0 Å². The molecule has 0 amide bonds. The summed E-state index contributed by atoms with van der Waals surface area (Å²) in [6, 6.07) is 0. The second-order valence-corrected chi connectivity index (χ2v) is 6.93. The van der Waals surface area contributed by atoms with Crippen molar-refractivity contribution in [1.82, 2.24) is 9.97 Å². The molecule has 0 aliphatic heterocycles. The van der Waals surface area contributed by atoms with Crippen molar-refractivity contribution in [2.45, 2.75) is 65.2 Å². The van der Waals surface area contributed by atoms with E-state index in [0.717, 1.165) is 18.0 Å². The molecule has 0 aromatic carbocycles. The second-order valence-electron chi connectivity index (χ2n) is 6.93. The largest absolute Gasteiger partial charge is 0.477 e. The van der Waals surface area contributed by atoms with Crippen LogP contribution in [0.25, 0.3) is 0 Å². The van der Waals surface area contributed by atoms with Crippen LogP contribution in [0.5, 0.6) is 5.88 Å². The van der Waals surface area contributed by atoms with Gasteiger partial charge in [-0.1, -0.05) is 40.0 Å². The van der Waals surface area contributed by atoms with Crippen molar-refractivity contribution >= 4 is 5.82 Å². The molecule has 1 aromatic heterocycles. The maximum absolute atomic E-state index is 6.00. The number of nitrogens with zero attached hydrogens (tertiary/aromatic N) is 2. The fraction of sp³-hybridized carbons (Fsp3) is 0.750. The fourth-order valence-electron chi connectivity index (χ4n) is 2.54. The molecule has 4 nitrogen and oxygen atoms in total. The monoisotopic (exact) mass is 277 g/mol. The minimum absolute atomic E-state index is 0.120. The predicted octanol–water partition coefficient (Wildman–Crippen LogP) is 3.62. The molecule has 0 spiro atoms. The first-order valence-electron chi connectivity index (χ1n) is 7.65. The molecule has 20 heavy (non-hydrogen) atoms. The van der Waals surface area contributed by atoms with Gasteiger partial charge in [-0.2, -0.15) is 4.98 Å². The first-order chi connectivity index (χ1) is 9.38. The topological polar surface area (TPSA) is 61.0 Å². The van der Waals surface area contributed by atoms with Crippen molar-refractivity contribution in [3.8, 4) is 5.88 Å². The van der Waals surface area contributed by atoms with Gasteiger partial charge in [-0.3, -0.25) is 0 Å². The number of nitrogen functional groups attached to an aromatic ring is 1. The fourth-order valence-corrected chi connectivity index (χ4v) is 2.54. The third-order valence-electron chi connectivity index (χ3n) is 3.99. The molecule has 2 N–H and O–H groups in total. The van der Waals surface area contributed by atoms with Gasteiger partial charge in [0.2, 0.25) is 5.88 Å². The van der Waals surface area contributed by atoms with Crippen LogP contribution >= 0.6 is 0 Å². The van der Waals surface area contributed by atoms with E-state index >= 15 is 0 Å². The van der Waals surface area contributed by atoms with E-state index in [9.17, 15) is 0 Å². The SMILES string of the molecule is Cc1c(N)nc(C(C)(C)C)nc1OCC1CCCCC1. The van der Waals surface area contributed by atoms with Crippen LogP contribution in [0, 0.1) is 12.8 Å². The van der Waals surface area contributed by atoms with E-state index in [1.54, 1.807) is 0 Å². The Balaban J connectivity index is 2.11. The first kappa shape index (κ1) is 15.1. The van der Waals surface area contributed by atoms with Gasteiger partial charge in [-0.05, 0) is 25.7 Å². The lowest BCUT2D eigenvalue weighted by Crippen LogP contribution is -2.20. The number of ether oxygens (including phenoxy) is 1. The molecule has 1 fully saturated rings. The molecule has 0 unspecified atom stereocenters. The molecule has 1 heterocycles. The van der Waals surface area contributed by atoms with E-state index in [4.69, 9.17) is 10.5 Å². The summed E-state index contributed by atoms with van der Waals surface area (Å²) in [7, 11) is 0. The average molecular weight is 277 g/mol. The third-order valence-corrected chi connectivity index (χ3v) is 3.99. The van der Waals surface area contributed by atoms with Crippen LogP contribution in [0.1, 0.15) is 64.3 Å². The lowest BCUT2D eigenvalue weighted by molar-refractivity contribution is 0.200. The molecule has 1 aliphatic rings. The molecule has 1 aliphatic carbocycles. The Hall–Kier alpha value is -1.32. The van der Waals surface area contributed by atoms with E-state index in [1.165, 1.54) is 32.1 Å². The average Bonchev–Trinajstić information content (AvgIpc) is 2.40. The van der Waals surface area contributed by atoms with E-state index in [0.29, 0.717) is 17.6 Å². The summed E-state index contributed by atoms with van der Waals surface area (Å²) in [6.45, 7) is 8.94. The van der Waals surface area contributed by atoms with Gasteiger partial charge >= 0.3 is 0 Å². The Morgan fingerprint density at radius 1 is 1.15 bits per heavy atom. The molecule has 4 heteroatoms. The quantitative estimate of drug-likeness (QED) is 0.916. The van der Waals surface area contributed by atoms with Crippen LogP contribution in [0.15, 0.2) is 0 Å². The molecule has 2 rings (SSSR count). The molecule has 1 aromatic rings. The second kappa shape index (κ2) is 5.98. The van der Waals surface area contributed by atoms with E-state index < -0.39 is 0 Å². The van der Waals surface area contributed by atoms with E-state index in [2.05, 4.69) is 30.7 Å². The van der Waals surface area contributed by atoms with Gasteiger partial charge in [0, 0.05) is 5.41 Å². The van der Waals surface area contributed by atoms with Gasteiger partial charge < -0.3 is 10.5 Å². The van der Waals surface area contributed by atoms with Crippen molar-refractivity contribution in [1.29, 1.82) is 0 Å². The van der Waals surface area contributed by atoms with Gasteiger partial charge in [-0.15, -0.1) is 0 Å². The first-order valence-corrected chi connectivity index (χ1v) is 7.65. The Kier molecular flexibility index (Phi) is 4.51.